The molecule has 6 heteroatoms. The van der Waals surface area contributed by atoms with Gasteiger partial charge in [0.2, 0.25) is 5.91 Å². The molecule has 0 saturated carbocycles. The summed E-state index contributed by atoms with van der Waals surface area (Å²) in [7, 11) is 0. The normalized spacial score (nSPS) is 16.4. The van der Waals surface area contributed by atoms with Crippen molar-refractivity contribution in [1.29, 1.82) is 0 Å². The van der Waals surface area contributed by atoms with Gasteiger partial charge in [-0.1, -0.05) is 0 Å². The molecule has 2 heterocycles. The van der Waals surface area contributed by atoms with Crippen LogP contribution < -0.4 is 5.32 Å². The molecular formula is C12H15NO3S2. The molecule has 1 aliphatic heterocycles. The number of rotatable bonds is 4. The van der Waals surface area contributed by atoms with Crippen molar-refractivity contribution in [3.05, 3.63) is 21.9 Å². The minimum Gasteiger partial charge on any atom is -0.477 e. The maximum atomic E-state index is 11.9. The molecule has 18 heavy (non-hydrogen) atoms. The number of thiophene rings is 1. The van der Waals surface area contributed by atoms with Gasteiger partial charge in [0, 0.05) is 10.8 Å². The van der Waals surface area contributed by atoms with Crippen LogP contribution in [0.5, 0.6) is 0 Å². The lowest BCUT2D eigenvalue weighted by molar-refractivity contribution is -0.125. The highest BCUT2D eigenvalue weighted by Crippen LogP contribution is 2.23. The van der Waals surface area contributed by atoms with Crippen LogP contribution in [0, 0.1) is 5.92 Å². The monoisotopic (exact) mass is 285 g/mol. The summed E-state index contributed by atoms with van der Waals surface area (Å²) in [5.74, 6) is 1.42. The summed E-state index contributed by atoms with van der Waals surface area (Å²) in [4.78, 5) is 23.8. The van der Waals surface area contributed by atoms with Gasteiger partial charge in [-0.15, -0.1) is 11.3 Å². The van der Waals surface area contributed by atoms with Crippen molar-refractivity contribution in [3.63, 3.8) is 0 Å². The number of amides is 1. The van der Waals surface area contributed by atoms with E-state index >= 15 is 0 Å². The molecule has 0 atom stereocenters. The second-order valence-corrected chi connectivity index (χ2v) is 6.57. The third-order valence-electron chi connectivity index (χ3n) is 2.90. The first-order valence-electron chi connectivity index (χ1n) is 5.84. The summed E-state index contributed by atoms with van der Waals surface area (Å²) in [5, 5.41) is 11.7. The van der Waals surface area contributed by atoms with Crippen LogP contribution >= 0.6 is 23.1 Å². The summed E-state index contributed by atoms with van der Waals surface area (Å²) >= 11 is 3.11. The summed E-state index contributed by atoms with van der Waals surface area (Å²) in [5.41, 5.74) is 0. The molecule has 1 aromatic rings. The van der Waals surface area contributed by atoms with Crippen molar-refractivity contribution in [1.82, 2.24) is 5.32 Å². The first kappa shape index (κ1) is 13.4. The van der Waals surface area contributed by atoms with Crippen LogP contribution in [0.25, 0.3) is 0 Å². The summed E-state index contributed by atoms with van der Waals surface area (Å²) in [6.07, 6.45) is 1.89. The van der Waals surface area contributed by atoms with Crippen LogP contribution in [0.2, 0.25) is 0 Å². The number of aromatic carboxylic acids is 1. The number of carboxylic acid groups (broad SMARTS) is 1. The maximum absolute atomic E-state index is 11.9. The maximum Gasteiger partial charge on any atom is 0.345 e. The molecule has 0 bridgehead atoms. The second-order valence-electron chi connectivity index (χ2n) is 4.18. The van der Waals surface area contributed by atoms with Crippen LogP contribution in [0.15, 0.2) is 12.1 Å². The average Bonchev–Trinajstić information content (AvgIpc) is 2.86. The van der Waals surface area contributed by atoms with E-state index in [0.29, 0.717) is 11.4 Å². The Morgan fingerprint density at radius 1 is 1.33 bits per heavy atom. The standard InChI is InChI=1S/C12H15NO3S2/c14-11(8-3-5-17-6-4-8)13-7-9-1-2-10(18-9)12(15)16/h1-2,8H,3-7H2,(H,13,14)(H,15,16). The number of nitrogens with one attached hydrogen (secondary N) is 1. The Morgan fingerprint density at radius 2 is 2.06 bits per heavy atom. The number of hydrogen-bond acceptors (Lipinski definition) is 4. The SMILES string of the molecule is O=C(O)c1ccc(CNC(=O)C2CCSCC2)s1. The van der Waals surface area contributed by atoms with Crippen molar-refractivity contribution in [3.8, 4) is 0 Å². The van der Waals surface area contributed by atoms with E-state index in [2.05, 4.69) is 5.32 Å². The van der Waals surface area contributed by atoms with E-state index < -0.39 is 5.97 Å². The summed E-state index contributed by atoms with van der Waals surface area (Å²) in [6, 6.07) is 3.33. The topological polar surface area (TPSA) is 66.4 Å². The third kappa shape index (κ3) is 3.49. The van der Waals surface area contributed by atoms with Crippen LogP contribution in [0.1, 0.15) is 27.4 Å². The molecular weight excluding hydrogens is 270 g/mol. The lowest BCUT2D eigenvalue weighted by Gasteiger charge is -2.20. The highest BCUT2D eigenvalue weighted by atomic mass is 32.2. The molecule has 1 amide bonds. The zero-order chi connectivity index (χ0) is 13.0. The Bertz CT molecular complexity index is 438. The highest BCUT2D eigenvalue weighted by Gasteiger charge is 2.21. The Kier molecular flexibility index (Phi) is 4.66. The zero-order valence-electron chi connectivity index (χ0n) is 9.85. The van der Waals surface area contributed by atoms with Gasteiger partial charge in [-0.25, -0.2) is 4.79 Å². The van der Waals surface area contributed by atoms with Crippen molar-refractivity contribution in [2.45, 2.75) is 19.4 Å². The first-order valence-corrected chi connectivity index (χ1v) is 7.81. The number of hydrogen-bond donors (Lipinski definition) is 2. The fourth-order valence-electron chi connectivity index (χ4n) is 1.87. The minimum atomic E-state index is -0.915. The van der Waals surface area contributed by atoms with Gasteiger partial charge in [0.25, 0.3) is 0 Å². The molecule has 4 nitrogen and oxygen atoms in total. The number of thioether (sulfide) groups is 1. The summed E-state index contributed by atoms with van der Waals surface area (Å²) in [6.45, 7) is 0.431. The molecule has 0 unspecified atom stereocenters. The Labute approximate surface area is 114 Å². The largest absolute Gasteiger partial charge is 0.477 e. The van der Waals surface area contributed by atoms with Crippen LogP contribution in [-0.4, -0.2) is 28.5 Å². The zero-order valence-corrected chi connectivity index (χ0v) is 11.5. The number of carboxylic acids is 1. The van der Waals surface area contributed by atoms with E-state index in [1.807, 2.05) is 11.8 Å². The predicted molar refractivity (Wildman–Crippen MR) is 73.2 cm³/mol. The molecule has 98 valence electrons. The molecule has 2 rings (SSSR count). The Morgan fingerprint density at radius 3 is 2.67 bits per heavy atom. The lowest BCUT2D eigenvalue weighted by Crippen LogP contribution is -2.32. The molecule has 2 N–H and O–H groups in total. The highest BCUT2D eigenvalue weighted by molar-refractivity contribution is 7.99. The second kappa shape index (κ2) is 6.24. The first-order chi connectivity index (χ1) is 8.66. The van der Waals surface area contributed by atoms with E-state index in [0.717, 1.165) is 29.2 Å². The molecule has 1 aliphatic rings. The van der Waals surface area contributed by atoms with Crippen LogP contribution in [0.4, 0.5) is 0 Å². The van der Waals surface area contributed by atoms with Gasteiger partial charge in [-0.2, -0.15) is 11.8 Å². The van der Waals surface area contributed by atoms with Gasteiger partial charge < -0.3 is 10.4 Å². The lowest BCUT2D eigenvalue weighted by atomic mass is 10.0. The smallest absolute Gasteiger partial charge is 0.345 e. The van der Waals surface area contributed by atoms with Crippen LogP contribution in [0.3, 0.4) is 0 Å². The van der Waals surface area contributed by atoms with Gasteiger partial charge in [0.05, 0.1) is 6.54 Å². The fourth-order valence-corrected chi connectivity index (χ4v) is 3.76. The molecule has 1 saturated heterocycles. The van der Waals surface area contributed by atoms with Gasteiger partial charge in [0.15, 0.2) is 0 Å². The fraction of sp³-hybridized carbons (Fsp3) is 0.500. The van der Waals surface area contributed by atoms with Gasteiger partial charge in [0.1, 0.15) is 4.88 Å². The van der Waals surface area contributed by atoms with E-state index in [1.54, 1.807) is 12.1 Å². The van der Waals surface area contributed by atoms with Gasteiger partial charge in [-0.05, 0) is 36.5 Å². The molecule has 0 radical (unpaired) electrons. The number of carbonyl (C=O) groups is 2. The molecule has 1 aromatic heterocycles. The van der Waals surface area contributed by atoms with Gasteiger partial charge in [-0.3, -0.25) is 4.79 Å². The molecule has 1 fully saturated rings. The predicted octanol–water partition coefficient (Wildman–Crippen LogP) is 2.21. The van der Waals surface area contributed by atoms with E-state index in [9.17, 15) is 9.59 Å². The molecule has 0 aromatic carbocycles. The minimum absolute atomic E-state index is 0.0978. The quantitative estimate of drug-likeness (QED) is 0.890. The van der Waals surface area contributed by atoms with Crippen molar-refractivity contribution in [2.24, 2.45) is 5.92 Å². The number of carbonyl (C=O) groups excluding carboxylic acids is 1. The van der Waals surface area contributed by atoms with Crippen molar-refractivity contribution >= 4 is 35.0 Å². The van der Waals surface area contributed by atoms with E-state index in [-0.39, 0.29) is 11.8 Å². The average molecular weight is 285 g/mol. The summed E-state index contributed by atoms with van der Waals surface area (Å²) < 4.78 is 0. The Hall–Kier alpha value is -1.01. The molecule has 0 aliphatic carbocycles. The third-order valence-corrected chi connectivity index (χ3v) is 5.02. The van der Waals surface area contributed by atoms with E-state index in [1.165, 1.54) is 11.3 Å². The van der Waals surface area contributed by atoms with E-state index in [4.69, 9.17) is 5.11 Å². The molecule has 0 spiro atoms. The van der Waals surface area contributed by atoms with Crippen LogP contribution in [-0.2, 0) is 11.3 Å². The van der Waals surface area contributed by atoms with Crippen molar-refractivity contribution in [2.75, 3.05) is 11.5 Å². The van der Waals surface area contributed by atoms with Gasteiger partial charge >= 0.3 is 5.97 Å². The Balaban J connectivity index is 1.82. The van der Waals surface area contributed by atoms with Crippen molar-refractivity contribution < 1.29 is 14.7 Å².